The minimum atomic E-state index is -1.03. The summed E-state index contributed by atoms with van der Waals surface area (Å²) in [4.78, 5) is 24.6. The van der Waals surface area contributed by atoms with Gasteiger partial charge in [0.25, 0.3) is 0 Å². The highest BCUT2D eigenvalue weighted by molar-refractivity contribution is 5.93. The Morgan fingerprint density at radius 1 is 1.40 bits per heavy atom. The second-order valence-electron chi connectivity index (χ2n) is 4.95. The first kappa shape index (κ1) is 14.3. The van der Waals surface area contributed by atoms with Crippen LogP contribution in [-0.4, -0.2) is 46.8 Å². The van der Waals surface area contributed by atoms with Gasteiger partial charge in [0.2, 0.25) is 0 Å². The summed E-state index contributed by atoms with van der Waals surface area (Å²) < 4.78 is 0. The molecule has 1 fully saturated rings. The minimum absolute atomic E-state index is 0.0816. The first-order chi connectivity index (χ1) is 9.60. The Kier molecular flexibility index (Phi) is 4.57. The van der Waals surface area contributed by atoms with Crippen molar-refractivity contribution in [2.45, 2.75) is 12.8 Å². The fraction of sp³-hybridized carbons (Fsp3) is 0.429. The fourth-order valence-corrected chi connectivity index (χ4v) is 2.33. The number of urea groups is 1. The van der Waals surface area contributed by atoms with Gasteiger partial charge < -0.3 is 20.4 Å². The van der Waals surface area contributed by atoms with E-state index in [9.17, 15) is 9.59 Å². The zero-order valence-corrected chi connectivity index (χ0v) is 11.1. The van der Waals surface area contributed by atoms with E-state index in [0.717, 1.165) is 12.8 Å². The van der Waals surface area contributed by atoms with Crippen molar-refractivity contribution in [3.05, 3.63) is 29.8 Å². The molecule has 1 heterocycles. The molecule has 20 heavy (non-hydrogen) atoms. The topological polar surface area (TPSA) is 89.9 Å². The lowest BCUT2D eigenvalue weighted by Gasteiger charge is -2.31. The molecule has 2 rings (SSSR count). The molecule has 0 radical (unpaired) electrons. The highest BCUT2D eigenvalue weighted by atomic mass is 16.4. The molecule has 0 aromatic heterocycles. The lowest BCUT2D eigenvalue weighted by molar-refractivity contribution is 0.0697. The van der Waals surface area contributed by atoms with Crippen LogP contribution in [-0.2, 0) is 0 Å². The van der Waals surface area contributed by atoms with Crippen LogP contribution in [0.25, 0.3) is 0 Å². The summed E-state index contributed by atoms with van der Waals surface area (Å²) in [6.07, 6.45) is 1.79. The standard InChI is InChI=1S/C14H18N2O4/c17-9-10-3-2-6-16(8-10)14(20)15-12-5-1-4-11(7-12)13(18)19/h1,4-5,7,10,17H,2-3,6,8-9H2,(H,15,20)(H,18,19). The Bertz CT molecular complexity index is 504. The quantitative estimate of drug-likeness (QED) is 0.783. The molecule has 6 nitrogen and oxygen atoms in total. The SMILES string of the molecule is O=C(O)c1cccc(NC(=O)N2CCCC(CO)C2)c1. The number of hydrogen-bond acceptors (Lipinski definition) is 3. The lowest BCUT2D eigenvalue weighted by atomic mass is 9.99. The molecule has 1 aliphatic rings. The van der Waals surface area contributed by atoms with Gasteiger partial charge in [-0.3, -0.25) is 0 Å². The van der Waals surface area contributed by atoms with E-state index in [1.165, 1.54) is 12.1 Å². The lowest BCUT2D eigenvalue weighted by Crippen LogP contribution is -2.43. The predicted molar refractivity (Wildman–Crippen MR) is 73.8 cm³/mol. The summed E-state index contributed by atoms with van der Waals surface area (Å²) >= 11 is 0. The van der Waals surface area contributed by atoms with E-state index in [4.69, 9.17) is 10.2 Å². The van der Waals surface area contributed by atoms with Crippen molar-refractivity contribution in [1.82, 2.24) is 4.90 Å². The molecule has 0 aliphatic carbocycles. The number of carboxylic acids is 1. The van der Waals surface area contributed by atoms with Crippen molar-refractivity contribution >= 4 is 17.7 Å². The van der Waals surface area contributed by atoms with E-state index < -0.39 is 5.97 Å². The molecule has 6 heteroatoms. The number of hydrogen-bond donors (Lipinski definition) is 3. The number of carbonyl (C=O) groups is 2. The van der Waals surface area contributed by atoms with Gasteiger partial charge in [0.15, 0.2) is 0 Å². The Balaban J connectivity index is 2.00. The third-order valence-corrected chi connectivity index (χ3v) is 3.43. The van der Waals surface area contributed by atoms with Gasteiger partial charge in [-0.2, -0.15) is 0 Å². The molecule has 1 aromatic carbocycles. The number of aliphatic hydroxyl groups excluding tert-OH is 1. The number of benzene rings is 1. The van der Waals surface area contributed by atoms with Crippen molar-refractivity contribution < 1.29 is 19.8 Å². The van der Waals surface area contributed by atoms with Crippen LogP contribution in [0.5, 0.6) is 0 Å². The van der Waals surface area contributed by atoms with Crippen LogP contribution in [0.4, 0.5) is 10.5 Å². The monoisotopic (exact) mass is 278 g/mol. The first-order valence-electron chi connectivity index (χ1n) is 6.60. The third kappa shape index (κ3) is 3.48. The van der Waals surface area contributed by atoms with Crippen LogP contribution in [0.3, 0.4) is 0 Å². The van der Waals surface area contributed by atoms with Gasteiger partial charge in [0.05, 0.1) is 5.56 Å². The van der Waals surface area contributed by atoms with E-state index >= 15 is 0 Å². The number of aliphatic hydroxyl groups is 1. The van der Waals surface area contributed by atoms with Gasteiger partial charge in [-0.25, -0.2) is 9.59 Å². The van der Waals surface area contributed by atoms with Gasteiger partial charge >= 0.3 is 12.0 Å². The van der Waals surface area contributed by atoms with Crippen molar-refractivity contribution in [1.29, 1.82) is 0 Å². The van der Waals surface area contributed by atoms with Crippen LogP contribution in [0.2, 0.25) is 0 Å². The second kappa shape index (κ2) is 6.38. The largest absolute Gasteiger partial charge is 0.478 e. The maximum absolute atomic E-state index is 12.1. The molecule has 1 saturated heterocycles. The van der Waals surface area contributed by atoms with E-state index in [0.29, 0.717) is 18.8 Å². The summed E-state index contributed by atoms with van der Waals surface area (Å²) in [7, 11) is 0. The zero-order valence-electron chi connectivity index (χ0n) is 11.1. The molecule has 1 aromatic rings. The van der Waals surface area contributed by atoms with Crippen LogP contribution in [0.1, 0.15) is 23.2 Å². The molecule has 2 amide bonds. The predicted octanol–water partition coefficient (Wildman–Crippen LogP) is 1.62. The zero-order chi connectivity index (χ0) is 14.5. The Labute approximate surface area is 117 Å². The number of piperidine rings is 1. The van der Waals surface area contributed by atoms with Crippen molar-refractivity contribution in [2.75, 3.05) is 25.0 Å². The van der Waals surface area contributed by atoms with Crippen LogP contribution >= 0.6 is 0 Å². The van der Waals surface area contributed by atoms with E-state index in [1.54, 1.807) is 17.0 Å². The van der Waals surface area contributed by atoms with Crippen molar-refractivity contribution in [3.63, 3.8) is 0 Å². The van der Waals surface area contributed by atoms with Gasteiger partial charge in [-0.15, -0.1) is 0 Å². The second-order valence-corrected chi connectivity index (χ2v) is 4.95. The van der Waals surface area contributed by atoms with Gasteiger partial charge in [-0.05, 0) is 37.0 Å². The number of amides is 2. The Morgan fingerprint density at radius 2 is 2.20 bits per heavy atom. The first-order valence-corrected chi connectivity index (χ1v) is 6.60. The van der Waals surface area contributed by atoms with Gasteiger partial charge in [-0.1, -0.05) is 6.07 Å². The van der Waals surface area contributed by atoms with Crippen LogP contribution in [0.15, 0.2) is 24.3 Å². The van der Waals surface area contributed by atoms with Crippen molar-refractivity contribution in [3.8, 4) is 0 Å². The average molecular weight is 278 g/mol. The average Bonchev–Trinajstić information content (AvgIpc) is 2.47. The number of carbonyl (C=O) groups excluding carboxylic acids is 1. The molecule has 3 N–H and O–H groups in total. The molecule has 108 valence electrons. The number of nitrogens with one attached hydrogen (secondary N) is 1. The van der Waals surface area contributed by atoms with Gasteiger partial charge in [0, 0.05) is 25.4 Å². The number of anilines is 1. The number of likely N-dealkylation sites (tertiary alicyclic amines) is 1. The Morgan fingerprint density at radius 3 is 2.90 bits per heavy atom. The van der Waals surface area contributed by atoms with E-state index in [-0.39, 0.29) is 24.1 Å². The summed E-state index contributed by atoms with van der Waals surface area (Å²) in [6, 6.07) is 5.88. The van der Waals surface area contributed by atoms with Crippen LogP contribution in [0, 0.1) is 5.92 Å². The maximum Gasteiger partial charge on any atom is 0.335 e. The minimum Gasteiger partial charge on any atom is -0.478 e. The number of nitrogens with zero attached hydrogens (tertiary/aromatic N) is 1. The third-order valence-electron chi connectivity index (χ3n) is 3.43. The highest BCUT2D eigenvalue weighted by Gasteiger charge is 2.23. The summed E-state index contributed by atoms with van der Waals surface area (Å²) in [5.41, 5.74) is 0.593. The van der Waals surface area contributed by atoms with E-state index in [1.807, 2.05) is 0 Å². The number of rotatable bonds is 3. The van der Waals surface area contributed by atoms with Gasteiger partial charge in [0.1, 0.15) is 0 Å². The van der Waals surface area contributed by atoms with Crippen LogP contribution < -0.4 is 5.32 Å². The fourth-order valence-electron chi connectivity index (χ4n) is 2.33. The van der Waals surface area contributed by atoms with Crippen molar-refractivity contribution in [2.24, 2.45) is 5.92 Å². The van der Waals surface area contributed by atoms with E-state index in [2.05, 4.69) is 5.32 Å². The molecular formula is C14H18N2O4. The smallest absolute Gasteiger partial charge is 0.335 e. The molecular weight excluding hydrogens is 260 g/mol. The Hall–Kier alpha value is -2.08. The summed E-state index contributed by atoms with van der Waals surface area (Å²) in [5.74, 6) is -0.903. The molecule has 1 unspecified atom stereocenters. The number of carboxylic acid groups (broad SMARTS) is 1. The molecule has 0 bridgehead atoms. The summed E-state index contributed by atoms with van der Waals surface area (Å²) in [6.45, 7) is 1.26. The highest BCUT2D eigenvalue weighted by Crippen LogP contribution is 2.17. The molecule has 1 aliphatic heterocycles. The molecule has 0 saturated carbocycles. The number of aromatic carboxylic acids is 1. The molecule has 1 atom stereocenters. The maximum atomic E-state index is 12.1. The normalized spacial score (nSPS) is 18.6. The molecule has 0 spiro atoms. The summed E-state index contributed by atoms with van der Waals surface area (Å²) in [5, 5.41) is 20.8.